The van der Waals surface area contributed by atoms with Crippen molar-refractivity contribution in [2.45, 2.75) is 18.9 Å². The Morgan fingerprint density at radius 3 is 2.71 bits per heavy atom. The van der Waals surface area contributed by atoms with Gasteiger partial charge in [-0.3, -0.25) is 0 Å². The number of methoxy groups -OCH3 is 2. The van der Waals surface area contributed by atoms with Crippen LogP contribution >= 0.6 is 0 Å². The van der Waals surface area contributed by atoms with Crippen LogP contribution in [0.3, 0.4) is 0 Å². The molecule has 0 aliphatic carbocycles. The summed E-state index contributed by atoms with van der Waals surface area (Å²) in [5.41, 5.74) is 2.54. The van der Waals surface area contributed by atoms with Crippen molar-refractivity contribution in [3.05, 3.63) is 36.2 Å². The Balaban J connectivity index is 1.78. The summed E-state index contributed by atoms with van der Waals surface area (Å²) < 4.78 is 12.5. The number of benzene rings is 1. The van der Waals surface area contributed by atoms with Crippen molar-refractivity contribution in [1.29, 1.82) is 0 Å². The topological polar surface area (TPSA) is 73.6 Å². The Hall–Kier alpha value is -2.67. The molecular formula is C17H19N5O2. The summed E-state index contributed by atoms with van der Waals surface area (Å²) in [6.07, 6.45) is 2.21. The van der Waals surface area contributed by atoms with Gasteiger partial charge < -0.3 is 14.8 Å². The van der Waals surface area contributed by atoms with Gasteiger partial charge >= 0.3 is 0 Å². The summed E-state index contributed by atoms with van der Waals surface area (Å²) in [7, 11) is 3.25. The number of aromatic nitrogens is 4. The van der Waals surface area contributed by atoms with Crippen LogP contribution in [-0.2, 0) is 0 Å². The van der Waals surface area contributed by atoms with Crippen LogP contribution in [0, 0.1) is 0 Å². The van der Waals surface area contributed by atoms with Crippen molar-refractivity contribution in [3.8, 4) is 22.8 Å². The van der Waals surface area contributed by atoms with Crippen molar-refractivity contribution in [1.82, 2.24) is 25.1 Å². The number of ether oxygens (including phenoxy) is 2. The molecule has 3 aromatic rings. The number of hydrogen-bond donors (Lipinski definition) is 1. The van der Waals surface area contributed by atoms with Crippen LogP contribution in [0.5, 0.6) is 11.5 Å². The number of fused-ring (bicyclic) bond motifs is 1. The zero-order valence-corrected chi connectivity index (χ0v) is 13.7. The highest BCUT2D eigenvalue weighted by Crippen LogP contribution is 2.31. The van der Waals surface area contributed by atoms with Crippen LogP contribution in [0.2, 0.25) is 0 Å². The van der Waals surface area contributed by atoms with Gasteiger partial charge in [0.25, 0.3) is 0 Å². The molecular weight excluding hydrogens is 306 g/mol. The maximum Gasteiger partial charge on any atom is 0.178 e. The van der Waals surface area contributed by atoms with Crippen LogP contribution in [-0.4, -0.2) is 40.6 Å². The fourth-order valence-electron chi connectivity index (χ4n) is 3.08. The monoisotopic (exact) mass is 325 g/mol. The standard InChI is InChI=1S/C17H19N5O2/c1-23-14-7-5-11(10-15(14)24-2)12-6-8-16-19-20-17(22(16)21-12)13-4-3-9-18-13/h5-8,10,13,18H,3-4,9H2,1-2H3/t13-/m1/s1. The third-order valence-corrected chi connectivity index (χ3v) is 4.34. The second-order valence-corrected chi connectivity index (χ2v) is 5.77. The van der Waals surface area contributed by atoms with E-state index in [1.165, 1.54) is 0 Å². The lowest BCUT2D eigenvalue weighted by molar-refractivity contribution is 0.355. The summed E-state index contributed by atoms with van der Waals surface area (Å²) in [6.45, 7) is 1.01. The molecule has 1 aliphatic heterocycles. The SMILES string of the molecule is COc1ccc(-c2ccc3nnc([C@H]4CCCN4)n3n2)cc1OC. The van der Waals surface area contributed by atoms with E-state index in [1.54, 1.807) is 14.2 Å². The smallest absolute Gasteiger partial charge is 0.178 e. The molecule has 1 atom stereocenters. The average Bonchev–Trinajstić information content (AvgIpc) is 3.29. The zero-order chi connectivity index (χ0) is 16.5. The van der Waals surface area contributed by atoms with E-state index in [9.17, 15) is 0 Å². The summed E-state index contributed by atoms with van der Waals surface area (Å²) in [5, 5.41) is 16.7. The van der Waals surface area contributed by atoms with E-state index in [2.05, 4.69) is 15.5 Å². The molecule has 1 aliphatic rings. The highest BCUT2D eigenvalue weighted by molar-refractivity contribution is 5.64. The quantitative estimate of drug-likeness (QED) is 0.793. The molecule has 0 spiro atoms. The number of hydrogen-bond acceptors (Lipinski definition) is 6. The Bertz CT molecular complexity index is 871. The van der Waals surface area contributed by atoms with E-state index >= 15 is 0 Å². The van der Waals surface area contributed by atoms with Gasteiger partial charge in [0.2, 0.25) is 0 Å². The van der Waals surface area contributed by atoms with Crippen LogP contribution in [0.25, 0.3) is 16.9 Å². The third-order valence-electron chi connectivity index (χ3n) is 4.34. The molecule has 0 saturated carbocycles. The van der Waals surface area contributed by atoms with E-state index in [-0.39, 0.29) is 6.04 Å². The fraction of sp³-hybridized carbons (Fsp3) is 0.353. The first-order chi connectivity index (χ1) is 11.8. The molecule has 4 rings (SSSR count). The minimum absolute atomic E-state index is 0.216. The van der Waals surface area contributed by atoms with Crippen molar-refractivity contribution >= 4 is 5.65 Å². The molecule has 3 heterocycles. The first-order valence-corrected chi connectivity index (χ1v) is 7.98. The maximum absolute atomic E-state index is 5.38. The van der Waals surface area contributed by atoms with Crippen LogP contribution < -0.4 is 14.8 Å². The molecule has 124 valence electrons. The number of nitrogens with one attached hydrogen (secondary N) is 1. The van der Waals surface area contributed by atoms with E-state index in [4.69, 9.17) is 14.6 Å². The van der Waals surface area contributed by atoms with Gasteiger partial charge in [-0.2, -0.15) is 9.61 Å². The first-order valence-electron chi connectivity index (χ1n) is 7.98. The summed E-state index contributed by atoms with van der Waals surface area (Å²) in [6, 6.07) is 9.86. The largest absolute Gasteiger partial charge is 0.493 e. The molecule has 0 amide bonds. The zero-order valence-electron chi connectivity index (χ0n) is 13.7. The van der Waals surface area contributed by atoms with Gasteiger partial charge in [0.1, 0.15) is 0 Å². The van der Waals surface area contributed by atoms with Crippen LogP contribution in [0.1, 0.15) is 24.7 Å². The Morgan fingerprint density at radius 2 is 1.96 bits per heavy atom. The second-order valence-electron chi connectivity index (χ2n) is 5.77. The molecule has 0 bridgehead atoms. The van der Waals surface area contributed by atoms with Gasteiger partial charge in [0.05, 0.1) is 26.0 Å². The molecule has 24 heavy (non-hydrogen) atoms. The van der Waals surface area contributed by atoms with E-state index < -0.39 is 0 Å². The molecule has 7 nitrogen and oxygen atoms in total. The average molecular weight is 325 g/mol. The van der Waals surface area contributed by atoms with E-state index in [0.29, 0.717) is 11.5 Å². The van der Waals surface area contributed by atoms with Crippen LogP contribution in [0.15, 0.2) is 30.3 Å². The molecule has 1 N–H and O–H groups in total. The Labute approximate surface area is 139 Å². The fourth-order valence-corrected chi connectivity index (χ4v) is 3.08. The molecule has 7 heteroatoms. The molecule has 0 unspecified atom stereocenters. The van der Waals surface area contributed by atoms with Gasteiger partial charge in [-0.25, -0.2) is 0 Å². The second kappa shape index (κ2) is 6.09. The molecule has 2 aromatic heterocycles. The minimum atomic E-state index is 0.216. The Kier molecular flexibility index (Phi) is 3.78. The lowest BCUT2D eigenvalue weighted by Crippen LogP contribution is -2.16. The predicted octanol–water partition coefficient (Wildman–Crippen LogP) is 2.23. The molecule has 1 saturated heterocycles. The van der Waals surface area contributed by atoms with Gasteiger partial charge in [-0.1, -0.05) is 0 Å². The maximum atomic E-state index is 5.38. The molecule has 1 aromatic carbocycles. The summed E-state index contributed by atoms with van der Waals surface area (Å²) in [4.78, 5) is 0. The summed E-state index contributed by atoms with van der Waals surface area (Å²) >= 11 is 0. The Morgan fingerprint density at radius 1 is 1.08 bits per heavy atom. The summed E-state index contributed by atoms with van der Waals surface area (Å²) in [5.74, 6) is 2.24. The highest BCUT2D eigenvalue weighted by atomic mass is 16.5. The molecule has 1 fully saturated rings. The number of nitrogens with zero attached hydrogens (tertiary/aromatic N) is 4. The predicted molar refractivity (Wildman–Crippen MR) is 89.3 cm³/mol. The highest BCUT2D eigenvalue weighted by Gasteiger charge is 2.22. The lowest BCUT2D eigenvalue weighted by Gasteiger charge is -2.10. The van der Waals surface area contributed by atoms with E-state index in [0.717, 1.165) is 42.1 Å². The lowest BCUT2D eigenvalue weighted by atomic mass is 10.1. The van der Waals surface area contributed by atoms with Crippen molar-refractivity contribution in [2.24, 2.45) is 0 Å². The van der Waals surface area contributed by atoms with Crippen molar-refractivity contribution in [3.63, 3.8) is 0 Å². The minimum Gasteiger partial charge on any atom is -0.493 e. The van der Waals surface area contributed by atoms with Crippen LogP contribution in [0.4, 0.5) is 0 Å². The van der Waals surface area contributed by atoms with Gasteiger partial charge in [0, 0.05) is 5.56 Å². The van der Waals surface area contributed by atoms with Gasteiger partial charge in [-0.05, 0) is 49.7 Å². The number of rotatable bonds is 4. The van der Waals surface area contributed by atoms with E-state index in [1.807, 2.05) is 34.8 Å². The molecule has 0 radical (unpaired) electrons. The first kappa shape index (κ1) is 14.9. The van der Waals surface area contributed by atoms with Gasteiger partial charge in [-0.15, -0.1) is 10.2 Å². The normalized spacial score (nSPS) is 17.3. The van der Waals surface area contributed by atoms with Crippen molar-refractivity contribution in [2.75, 3.05) is 20.8 Å². The van der Waals surface area contributed by atoms with Gasteiger partial charge in [0.15, 0.2) is 23.0 Å². The third kappa shape index (κ3) is 2.46. The van der Waals surface area contributed by atoms with Crippen molar-refractivity contribution < 1.29 is 9.47 Å².